The number of methoxy groups -OCH3 is 1. The largest absolute Gasteiger partial charge is 0.469 e. The highest BCUT2D eigenvalue weighted by Crippen LogP contribution is 2.04. The van der Waals surface area contributed by atoms with Crippen LogP contribution in [0.5, 0.6) is 0 Å². The van der Waals surface area contributed by atoms with Crippen LogP contribution in [0.3, 0.4) is 0 Å². The molecule has 0 saturated heterocycles. The monoisotopic (exact) mass is 258 g/mol. The van der Waals surface area contributed by atoms with E-state index in [-0.39, 0.29) is 18.0 Å². The Labute approximate surface area is 110 Å². The van der Waals surface area contributed by atoms with Crippen LogP contribution >= 0.6 is 0 Å². The first kappa shape index (κ1) is 16.7. The Kier molecular flexibility index (Phi) is 9.06. The first-order valence-electron chi connectivity index (χ1n) is 6.60. The van der Waals surface area contributed by atoms with Crippen molar-refractivity contribution >= 4 is 12.0 Å². The van der Waals surface area contributed by atoms with Crippen LogP contribution in [0.15, 0.2) is 0 Å². The van der Waals surface area contributed by atoms with E-state index in [1.807, 2.05) is 14.0 Å². The summed E-state index contributed by atoms with van der Waals surface area (Å²) < 4.78 is 4.54. The fraction of sp³-hybridized carbons (Fsp3) is 0.846. The lowest BCUT2D eigenvalue weighted by atomic mass is 10.2. The van der Waals surface area contributed by atoms with E-state index in [0.29, 0.717) is 13.0 Å². The zero-order valence-electron chi connectivity index (χ0n) is 12.0. The molecule has 0 rings (SSSR count). The van der Waals surface area contributed by atoms with Gasteiger partial charge in [-0.15, -0.1) is 0 Å². The van der Waals surface area contributed by atoms with Gasteiger partial charge in [0.15, 0.2) is 0 Å². The van der Waals surface area contributed by atoms with Crippen LogP contribution in [-0.2, 0) is 9.53 Å². The second-order valence-electron chi connectivity index (χ2n) is 4.51. The molecule has 1 N–H and O–H groups in total. The molecule has 0 radical (unpaired) electrons. The van der Waals surface area contributed by atoms with Gasteiger partial charge in [-0.25, -0.2) is 4.79 Å². The van der Waals surface area contributed by atoms with Crippen molar-refractivity contribution in [2.45, 2.75) is 52.0 Å². The number of carbonyl (C=O) groups excluding carboxylic acids is 2. The zero-order chi connectivity index (χ0) is 14.0. The van der Waals surface area contributed by atoms with Gasteiger partial charge in [-0.05, 0) is 26.2 Å². The van der Waals surface area contributed by atoms with Crippen molar-refractivity contribution < 1.29 is 14.3 Å². The molecule has 0 aliphatic rings. The van der Waals surface area contributed by atoms with Crippen molar-refractivity contribution in [3.05, 3.63) is 0 Å². The normalized spacial score (nSPS) is 11.8. The second kappa shape index (κ2) is 9.74. The van der Waals surface area contributed by atoms with Crippen molar-refractivity contribution in [2.24, 2.45) is 0 Å². The van der Waals surface area contributed by atoms with E-state index < -0.39 is 0 Å². The van der Waals surface area contributed by atoms with Gasteiger partial charge in [0.25, 0.3) is 0 Å². The van der Waals surface area contributed by atoms with Crippen molar-refractivity contribution in [3.63, 3.8) is 0 Å². The molecule has 0 aromatic carbocycles. The minimum atomic E-state index is -0.199. The molecular weight excluding hydrogens is 232 g/mol. The predicted molar refractivity (Wildman–Crippen MR) is 71.4 cm³/mol. The highest BCUT2D eigenvalue weighted by molar-refractivity contribution is 5.74. The molecule has 5 heteroatoms. The number of rotatable bonds is 8. The van der Waals surface area contributed by atoms with Crippen LogP contribution in [-0.4, -0.2) is 43.6 Å². The minimum absolute atomic E-state index is 0.0472. The Balaban J connectivity index is 3.67. The van der Waals surface area contributed by atoms with Gasteiger partial charge in [0, 0.05) is 26.1 Å². The quantitative estimate of drug-likeness (QED) is 0.536. The van der Waals surface area contributed by atoms with Gasteiger partial charge in [-0.1, -0.05) is 13.3 Å². The highest BCUT2D eigenvalue weighted by Gasteiger charge is 2.13. The van der Waals surface area contributed by atoms with Crippen molar-refractivity contribution in [3.8, 4) is 0 Å². The van der Waals surface area contributed by atoms with Crippen LogP contribution in [0.1, 0.15) is 46.0 Å². The van der Waals surface area contributed by atoms with E-state index in [2.05, 4.69) is 17.0 Å². The third-order valence-electron chi connectivity index (χ3n) is 3.00. The standard InChI is InChI=1S/C13H26N2O3/c1-5-8-11(2)15(3)13(17)14-10-7-6-9-12(16)18-4/h11H,5-10H2,1-4H3,(H,14,17). The SMILES string of the molecule is CCCC(C)N(C)C(=O)NCCCCC(=O)OC. The average molecular weight is 258 g/mol. The van der Waals surface area contributed by atoms with E-state index in [0.717, 1.165) is 25.7 Å². The molecule has 106 valence electrons. The molecule has 18 heavy (non-hydrogen) atoms. The Hall–Kier alpha value is -1.26. The molecule has 0 aromatic heterocycles. The summed E-state index contributed by atoms with van der Waals surface area (Å²) >= 11 is 0. The van der Waals surface area contributed by atoms with Gasteiger partial charge >= 0.3 is 12.0 Å². The molecule has 0 aromatic rings. The number of esters is 1. The molecule has 0 spiro atoms. The van der Waals surface area contributed by atoms with Crippen molar-refractivity contribution in [1.29, 1.82) is 0 Å². The smallest absolute Gasteiger partial charge is 0.317 e. The fourth-order valence-electron chi connectivity index (χ4n) is 1.63. The van der Waals surface area contributed by atoms with E-state index in [1.165, 1.54) is 7.11 Å². The van der Waals surface area contributed by atoms with Crippen molar-refractivity contribution in [1.82, 2.24) is 10.2 Å². The average Bonchev–Trinajstić information content (AvgIpc) is 2.37. The molecule has 0 saturated carbocycles. The van der Waals surface area contributed by atoms with Gasteiger partial charge in [0.1, 0.15) is 0 Å². The van der Waals surface area contributed by atoms with E-state index in [4.69, 9.17) is 0 Å². The second-order valence-corrected chi connectivity index (χ2v) is 4.51. The molecule has 2 amide bonds. The van der Waals surface area contributed by atoms with E-state index >= 15 is 0 Å². The van der Waals surface area contributed by atoms with E-state index in [1.54, 1.807) is 4.90 Å². The zero-order valence-corrected chi connectivity index (χ0v) is 12.0. The third-order valence-corrected chi connectivity index (χ3v) is 3.00. The Morgan fingerprint density at radius 1 is 1.33 bits per heavy atom. The van der Waals surface area contributed by atoms with Crippen LogP contribution < -0.4 is 5.32 Å². The summed E-state index contributed by atoms with van der Waals surface area (Å²) in [6.45, 7) is 4.74. The predicted octanol–water partition coefficient (Wildman–Crippen LogP) is 2.16. The summed E-state index contributed by atoms with van der Waals surface area (Å²) in [6.07, 6.45) is 4.01. The lowest BCUT2D eigenvalue weighted by molar-refractivity contribution is -0.140. The fourth-order valence-corrected chi connectivity index (χ4v) is 1.63. The molecule has 0 bridgehead atoms. The molecule has 5 nitrogen and oxygen atoms in total. The number of hydrogen-bond donors (Lipinski definition) is 1. The number of carbonyl (C=O) groups is 2. The molecule has 0 aliphatic carbocycles. The maximum Gasteiger partial charge on any atom is 0.317 e. The van der Waals surface area contributed by atoms with Crippen molar-refractivity contribution in [2.75, 3.05) is 20.7 Å². The molecule has 0 fully saturated rings. The van der Waals surface area contributed by atoms with Crippen LogP contribution in [0, 0.1) is 0 Å². The number of ether oxygens (including phenoxy) is 1. The number of nitrogens with one attached hydrogen (secondary N) is 1. The number of amides is 2. The lowest BCUT2D eigenvalue weighted by Crippen LogP contribution is -2.42. The van der Waals surface area contributed by atoms with Gasteiger partial charge in [0.05, 0.1) is 7.11 Å². The maximum atomic E-state index is 11.7. The molecular formula is C13H26N2O3. The summed E-state index contributed by atoms with van der Waals surface area (Å²) in [5.41, 5.74) is 0. The number of urea groups is 1. The van der Waals surface area contributed by atoms with Crippen LogP contribution in [0.2, 0.25) is 0 Å². The third kappa shape index (κ3) is 7.14. The number of nitrogens with zero attached hydrogens (tertiary/aromatic N) is 1. The first-order chi connectivity index (χ1) is 8.52. The molecule has 0 aliphatic heterocycles. The van der Waals surface area contributed by atoms with Gasteiger partial charge in [-0.2, -0.15) is 0 Å². The van der Waals surface area contributed by atoms with Crippen LogP contribution in [0.4, 0.5) is 4.79 Å². The summed E-state index contributed by atoms with van der Waals surface area (Å²) in [5.74, 6) is -0.199. The molecule has 0 heterocycles. The maximum absolute atomic E-state index is 11.7. The Morgan fingerprint density at radius 3 is 2.56 bits per heavy atom. The van der Waals surface area contributed by atoms with Gasteiger partial charge in [-0.3, -0.25) is 4.79 Å². The highest BCUT2D eigenvalue weighted by atomic mass is 16.5. The number of hydrogen-bond acceptors (Lipinski definition) is 3. The summed E-state index contributed by atoms with van der Waals surface area (Å²) in [4.78, 5) is 24.3. The summed E-state index contributed by atoms with van der Waals surface area (Å²) in [6, 6.07) is 0.207. The molecule has 1 atom stereocenters. The molecule has 1 unspecified atom stereocenters. The minimum Gasteiger partial charge on any atom is -0.469 e. The van der Waals surface area contributed by atoms with Gasteiger partial charge < -0.3 is 15.0 Å². The topological polar surface area (TPSA) is 58.6 Å². The Morgan fingerprint density at radius 2 is 2.00 bits per heavy atom. The summed E-state index contributed by atoms with van der Waals surface area (Å²) in [7, 11) is 3.19. The lowest BCUT2D eigenvalue weighted by Gasteiger charge is -2.24. The van der Waals surface area contributed by atoms with E-state index in [9.17, 15) is 9.59 Å². The Bertz CT molecular complexity index is 257. The van der Waals surface area contributed by atoms with Gasteiger partial charge in [0.2, 0.25) is 0 Å². The number of unbranched alkanes of at least 4 members (excludes halogenated alkanes) is 1. The summed E-state index contributed by atoms with van der Waals surface area (Å²) in [5, 5.41) is 2.85. The first-order valence-corrected chi connectivity index (χ1v) is 6.60. The van der Waals surface area contributed by atoms with Crippen LogP contribution in [0.25, 0.3) is 0 Å².